The van der Waals surface area contributed by atoms with E-state index in [1.165, 1.54) is 23.1 Å². The lowest BCUT2D eigenvalue weighted by Crippen LogP contribution is -2.31. The Morgan fingerprint density at radius 1 is 1.17 bits per heavy atom. The minimum absolute atomic E-state index is 0.337. The summed E-state index contributed by atoms with van der Waals surface area (Å²) in [6.45, 7) is 5.70. The molecule has 1 aliphatic heterocycles. The van der Waals surface area contributed by atoms with Crippen LogP contribution in [0.15, 0.2) is 48.5 Å². The molecule has 2 nitrogen and oxygen atoms in total. The van der Waals surface area contributed by atoms with Gasteiger partial charge in [0.05, 0.1) is 0 Å². The highest BCUT2D eigenvalue weighted by atomic mass is 16.1. The Labute approximate surface area is 138 Å². The zero-order valence-corrected chi connectivity index (χ0v) is 13.7. The maximum absolute atomic E-state index is 11.3. The molecule has 0 radical (unpaired) electrons. The van der Waals surface area contributed by atoms with Gasteiger partial charge in [-0.25, -0.2) is 0 Å². The summed E-state index contributed by atoms with van der Waals surface area (Å²) < 4.78 is 0. The standard InChI is InChI=1S/C21H23NO/c1-21-11-10-18-17(14-23)8-5-9-19(18)20(21)13-22(15-21)12-16-6-3-2-4-7-16/h2-9,14,20H,10-13,15H2,1H3. The van der Waals surface area contributed by atoms with Crippen molar-refractivity contribution in [3.63, 3.8) is 0 Å². The Morgan fingerprint density at radius 3 is 2.78 bits per heavy atom. The first-order valence-corrected chi connectivity index (χ1v) is 8.53. The van der Waals surface area contributed by atoms with Gasteiger partial charge in [-0.05, 0) is 34.9 Å². The van der Waals surface area contributed by atoms with Crippen LogP contribution < -0.4 is 0 Å². The van der Waals surface area contributed by atoms with Crippen molar-refractivity contribution in [2.24, 2.45) is 5.41 Å². The van der Waals surface area contributed by atoms with Crippen molar-refractivity contribution in [2.45, 2.75) is 32.2 Å². The average Bonchev–Trinajstić information content (AvgIpc) is 2.91. The third-order valence-electron chi connectivity index (χ3n) is 5.81. The lowest BCUT2D eigenvalue weighted by Gasteiger charge is -2.37. The van der Waals surface area contributed by atoms with Crippen LogP contribution in [0.3, 0.4) is 0 Å². The SMILES string of the molecule is CC12CCc3c(C=O)cccc3C1CN(Cc1ccccc1)C2. The Bertz CT molecular complexity index is 724. The van der Waals surface area contributed by atoms with E-state index in [0.717, 1.165) is 37.9 Å². The molecule has 2 atom stereocenters. The van der Waals surface area contributed by atoms with E-state index in [4.69, 9.17) is 0 Å². The molecule has 1 aliphatic carbocycles. The molecular weight excluding hydrogens is 282 g/mol. The Balaban J connectivity index is 1.63. The molecule has 0 aromatic heterocycles. The summed E-state index contributed by atoms with van der Waals surface area (Å²) in [6, 6.07) is 17.0. The Morgan fingerprint density at radius 2 is 2.00 bits per heavy atom. The second kappa shape index (κ2) is 5.61. The van der Waals surface area contributed by atoms with Crippen molar-refractivity contribution in [1.82, 2.24) is 4.90 Å². The van der Waals surface area contributed by atoms with Crippen LogP contribution in [0.4, 0.5) is 0 Å². The fraction of sp³-hybridized carbons (Fsp3) is 0.381. The van der Waals surface area contributed by atoms with Crippen molar-refractivity contribution in [1.29, 1.82) is 0 Å². The van der Waals surface area contributed by atoms with Crippen LogP contribution in [0.1, 0.15) is 46.3 Å². The normalized spacial score (nSPS) is 26.6. The molecule has 2 heteroatoms. The predicted molar refractivity (Wildman–Crippen MR) is 92.7 cm³/mol. The number of carbonyl (C=O) groups is 1. The molecule has 1 fully saturated rings. The Hall–Kier alpha value is -1.93. The first-order valence-electron chi connectivity index (χ1n) is 8.53. The highest BCUT2D eigenvalue weighted by Crippen LogP contribution is 2.50. The molecule has 1 saturated heterocycles. The number of aldehydes is 1. The molecule has 1 heterocycles. The molecule has 4 rings (SSSR count). The fourth-order valence-corrected chi connectivity index (χ4v) is 4.61. The summed E-state index contributed by atoms with van der Waals surface area (Å²) in [4.78, 5) is 13.9. The van der Waals surface area contributed by atoms with E-state index in [1.54, 1.807) is 0 Å². The molecular formula is C21H23NO. The third kappa shape index (κ3) is 2.51. The van der Waals surface area contributed by atoms with Gasteiger partial charge in [0.15, 0.2) is 0 Å². The van der Waals surface area contributed by atoms with Crippen molar-refractivity contribution in [3.05, 3.63) is 70.8 Å². The van der Waals surface area contributed by atoms with Gasteiger partial charge in [-0.2, -0.15) is 0 Å². The maximum Gasteiger partial charge on any atom is 0.150 e. The van der Waals surface area contributed by atoms with Crippen molar-refractivity contribution < 1.29 is 4.79 Å². The van der Waals surface area contributed by atoms with Crippen LogP contribution in [0.5, 0.6) is 0 Å². The van der Waals surface area contributed by atoms with Gasteiger partial charge in [-0.1, -0.05) is 55.5 Å². The molecule has 0 N–H and O–H groups in total. The van der Waals surface area contributed by atoms with E-state index < -0.39 is 0 Å². The highest BCUT2D eigenvalue weighted by Gasteiger charge is 2.46. The summed E-state index contributed by atoms with van der Waals surface area (Å²) in [7, 11) is 0. The number of rotatable bonds is 3. The van der Waals surface area contributed by atoms with Crippen LogP contribution in [0.2, 0.25) is 0 Å². The van der Waals surface area contributed by atoms with Gasteiger partial charge >= 0.3 is 0 Å². The number of hydrogen-bond donors (Lipinski definition) is 0. The minimum Gasteiger partial charge on any atom is -0.298 e. The van der Waals surface area contributed by atoms with Crippen LogP contribution in [-0.2, 0) is 13.0 Å². The smallest absolute Gasteiger partial charge is 0.150 e. The first kappa shape index (κ1) is 14.6. The largest absolute Gasteiger partial charge is 0.298 e. The second-order valence-electron chi connectivity index (χ2n) is 7.39. The number of hydrogen-bond acceptors (Lipinski definition) is 2. The number of likely N-dealkylation sites (tertiary alicyclic amines) is 1. The van der Waals surface area contributed by atoms with Crippen LogP contribution in [0, 0.1) is 5.41 Å². The molecule has 2 aliphatic rings. The Kier molecular flexibility index (Phi) is 3.57. The topological polar surface area (TPSA) is 20.3 Å². The number of benzene rings is 2. The molecule has 0 saturated carbocycles. The van der Waals surface area contributed by atoms with E-state index in [1.807, 2.05) is 12.1 Å². The van der Waals surface area contributed by atoms with Gasteiger partial charge in [0, 0.05) is 31.1 Å². The highest BCUT2D eigenvalue weighted by molar-refractivity contribution is 5.78. The molecule has 0 spiro atoms. The molecule has 23 heavy (non-hydrogen) atoms. The quantitative estimate of drug-likeness (QED) is 0.797. The predicted octanol–water partition coefficient (Wildman–Crippen LogP) is 4.05. The number of carbonyl (C=O) groups excluding carboxylic acids is 1. The van der Waals surface area contributed by atoms with Gasteiger partial charge in [-0.3, -0.25) is 9.69 Å². The maximum atomic E-state index is 11.3. The van der Waals surface area contributed by atoms with E-state index in [9.17, 15) is 4.79 Å². The summed E-state index contributed by atoms with van der Waals surface area (Å²) in [6.07, 6.45) is 3.25. The number of fused-ring (bicyclic) bond motifs is 3. The van der Waals surface area contributed by atoms with Crippen LogP contribution >= 0.6 is 0 Å². The van der Waals surface area contributed by atoms with E-state index in [0.29, 0.717) is 11.3 Å². The lowest BCUT2D eigenvalue weighted by atomic mass is 9.66. The molecule has 118 valence electrons. The van der Waals surface area contributed by atoms with Gasteiger partial charge in [0.2, 0.25) is 0 Å². The average molecular weight is 305 g/mol. The monoisotopic (exact) mass is 305 g/mol. The molecule has 0 amide bonds. The number of nitrogens with zero attached hydrogens (tertiary/aromatic N) is 1. The molecule has 2 unspecified atom stereocenters. The zero-order chi connectivity index (χ0) is 15.9. The second-order valence-corrected chi connectivity index (χ2v) is 7.39. The van der Waals surface area contributed by atoms with Crippen molar-refractivity contribution in [3.8, 4) is 0 Å². The zero-order valence-electron chi connectivity index (χ0n) is 13.7. The van der Waals surface area contributed by atoms with Crippen molar-refractivity contribution >= 4 is 6.29 Å². The van der Waals surface area contributed by atoms with E-state index in [-0.39, 0.29) is 0 Å². The van der Waals surface area contributed by atoms with E-state index in [2.05, 4.69) is 48.2 Å². The van der Waals surface area contributed by atoms with Gasteiger partial charge < -0.3 is 0 Å². The van der Waals surface area contributed by atoms with E-state index >= 15 is 0 Å². The van der Waals surface area contributed by atoms with Crippen LogP contribution in [-0.4, -0.2) is 24.3 Å². The summed E-state index contributed by atoms with van der Waals surface area (Å²) in [5, 5.41) is 0. The minimum atomic E-state index is 0.337. The first-order chi connectivity index (χ1) is 11.2. The fourth-order valence-electron chi connectivity index (χ4n) is 4.61. The summed E-state index contributed by atoms with van der Waals surface area (Å²) in [5.74, 6) is 0.551. The lowest BCUT2D eigenvalue weighted by molar-refractivity contribution is 0.112. The van der Waals surface area contributed by atoms with Gasteiger partial charge in [0.25, 0.3) is 0 Å². The summed E-state index contributed by atoms with van der Waals surface area (Å²) in [5.41, 5.74) is 5.33. The van der Waals surface area contributed by atoms with Crippen LogP contribution in [0.25, 0.3) is 0 Å². The van der Waals surface area contributed by atoms with Gasteiger partial charge in [0.1, 0.15) is 6.29 Å². The third-order valence-corrected chi connectivity index (χ3v) is 5.81. The van der Waals surface area contributed by atoms with Gasteiger partial charge in [-0.15, -0.1) is 0 Å². The molecule has 0 bridgehead atoms. The van der Waals surface area contributed by atoms with Crippen molar-refractivity contribution in [2.75, 3.05) is 13.1 Å². The molecule has 2 aromatic rings. The summed E-state index contributed by atoms with van der Waals surface area (Å²) >= 11 is 0. The molecule has 2 aromatic carbocycles.